The fourth-order valence-corrected chi connectivity index (χ4v) is 1.94. The van der Waals surface area contributed by atoms with Gasteiger partial charge in [0.05, 0.1) is 14.2 Å². The molecule has 0 saturated heterocycles. The Bertz CT molecular complexity index is 701. The van der Waals surface area contributed by atoms with Gasteiger partial charge in [-0.3, -0.25) is 5.32 Å². The number of ether oxygens (including phenoxy) is 2. The number of hydrogen-bond acceptors (Lipinski definition) is 4. The molecule has 3 N–H and O–H groups in total. The van der Waals surface area contributed by atoms with Crippen LogP contribution in [0.3, 0.4) is 0 Å². The molecule has 0 aliphatic heterocycles. The van der Waals surface area contributed by atoms with E-state index in [1.807, 2.05) is 24.3 Å². The summed E-state index contributed by atoms with van der Waals surface area (Å²) >= 11 is 0. The highest BCUT2D eigenvalue weighted by atomic mass is 16.5. The van der Waals surface area contributed by atoms with E-state index in [1.54, 1.807) is 31.4 Å². The molecule has 24 heavy (non-hydrogen) atoms. The molecule has 2 aromatic rings. The molecule has 0 fully saturated rings. The van der Waals surface area contributed by atoms with E-state index in [9.17, 15) is 9.59 Å². The largest absolute Gasteiger partial charge is 0.497 e. The smallest absolute Gasteiger partial charge is 0.411 e. The van der Waals surface area contributed by atoms with Gasteiger partial charge in [0, 0.05) is 17.9 Å². The molecule has 126 valence electrons. The average molecular weight is 329 g/mol. The molecule has 0 radical (unpaired) electrons. The van der Waals surface area contributed by atoms with Gasteiger partial charge in [0.1, 0.15) is 5.75 Å². The summed E-state index contributed by atoms with van der Waals surface area (Å²) in [5.74, 6) is 0.762. The van der Waals surface area contributed by atoms with Crippen molar-refractivity contribution >= 4 is 23.5 Å². The third kappa shape index (κ3) is 5.20. The first-order valence-electron chi connectivity index (χ1n) is 7.23. The molecule has 7 nitrogen and oxygen atoms in total. The van der Waals surface area contributed by atoms with Gasteiger partial charge in [0.2, 0.25) is 0 Å². The molecule has 0 aromatic heterocycles. The fourth-order valence-electron chi connectivity index (χ4n) is 1.94. The molecule has 0 heterocycles. The van der Waals surface area contributed by atoms with Crippen molar-refractivity contribution < 1.29 is 19.1 Å². The zero-order chi connectivity index (χ0) is 17.4. The average Bonchev–Trinajstić information content (AvgIpc) is 2.60. The maximum atomic E-state index is 11.9. The summed E-state index contributed by atoms with van der Waals surface area (Å²) in [5, 5.41) is 7.98. The third-order valence-corrected chi connectivity index (χ3v) is 3.16. The monoisotopic (exact) mass is 329 g/mol. The topological polar surface area (TPSA) is 88.7 Å². The van der Waals surface area contributed by atoms with Crippen LogP contribution in [0.1, 0.15) is 5.56 Å². The molecule has 2 rings (SSSR count). The number of benzene rings is 2. The van der Waals surface area contributed by atoms with Crippen LogP contribution >= 0.6 is 0 Å². The minimum Gasteiger partial charge on any atom is -0.497 e. The van der Waals surface area contributed by atoms with Gasteiger partial charge >= 0.3 is 12.1 Å². The van der Waals surface area contributed by atoms with Crippen molar-refractivity contribution in [1.82, 2.24) is 5.32 Å². The maximum Gasteiger partial charge on any atom is 0.411 e. The summed E-state index contributed by atoms with van der Waals surface area (Å²) in [7, 11) is 2.88. The van der Waals surface area contributed by atoms with Gasteiger partial charge in [0.15, 0.2) is 0 Å². The molecular weight excluding hydrogens is 310 g/mol. The summed E-state index contributed by atoms with van der Waals surface area (Å²) in [4.78, 5) is 23.1. The Balaban J connectivity index is 1.87. The summed E-state index contributed by atoms with van der Waals surface area (Å²) in [6, 6.07) is 13.8. The van der Waals surface area contributed by atoms with Gasteiger partial charge in [-0.05, 0) is 35.9 Å². The summed E-state index contributed by atoms with van der Waals surface area (Å²) in [6.07, 6.45) is -0.573. The number of carbonyl (C=O) groups excluding carboxylic acids is 2. The first kappa shape index (κ1) is 17.1. The molecular formula is C17H19N3O4. The van der Waals surface area contributed by atoms with Crippen molar-refractivity contribution in [2.75, 3.05) is 24.9 Å². The Morgan fingerprint density at radius 3 is 2.25 bits per heavy atom. The van der Waals surface area contributed by atoms with Crippen LogP contribution in [0.25, 0.3) is 0 Å². The Labute approximate surface area is 140 Å². The number of hydrogen-bond donors (Lipinski definition) is 3. The number of rotatable bonds is 5. The SMILES string of the molecule is COC(=O)Nc1cccc(NC(=O)NCc2ccc(OC)cc2)c1. The van der Waals surface area contributed by atoms with E-state index in [0.29, 0.717) is 17.9 Å². The van der Waals surface area contributed by atoms with Gasteiger partial charge in [-0.15, -0.1) is 0 Å². The van der Waals surface area contributed by atoms with E-state index in [4.69, 9.17) is 4.74 Å². The second kappa shape index (κ2) is 8.42. The van der Waals surface area contributed by atoms with Crippen LogP contribution in [-0.2, 0) is 11.3 Å². The predicted octanol–water partition coefficient (Wildman–Crippen LogP) is 3.20. The summed E-state index contributed by atoms with van der Waals surface area (Å²) < 4.78 is 9.60. The molecule has 0 atom stereocenters. The molecule has 0 spiro atoms. The van der Waals surface area contributed by atoms with E-state index in [-0.39, 0.29) is 6.03 Å². The van der Waals surface area contributed by atoms with Crippen LogP contribution in [0.5, 0.6) is 5.75 Å². The zero-order valence-corrected chi connectivity index (χ0v) is 13.5. The number of urea groups is 1. The normalized spacial score (nSPS) is 9.75. The number of methoxy groups -OCH3 is 2. The quantitative estimate of drug-likeness (QED) is 0.786. The van der Waals surface area contributed by atoms with Crippen LogP contribution in [0.2, 0.25) is 0 Å². The van der Waals surface area contributed by atoms with E-state index in [2.05, 4.69) is 20.7 Å². The molecule has 0 bridgehead atoms. The fraction of sp³-hybridized carbons (Fsp3) is 0.176. The Morgan fingerprint density at radius 1 is 0.958 bits per heavy atom. The molecule has 3 amide bonds. The minimum absolute atomic E-state index is 0.346. The molecule has 0 aliphatic carbocycles. The van der Waals surface area contributed by atoms with E-state index in [0.717, 1.165) is 11.3 Å². The minimum atomic E-state index is -0.573. The zero-order valence-electron chi connectivity index (χ0n) is 13.5. The van der Waals surface area contributed by atoms with Gasteiger partial charge in [0.25, 0.3) is 0 Å². The van der Waals surface area contributed by atoms with Crippen molar-refractivity contribution in [1.29, 1.82) is 0 Å². The van der Waals surface area contributed by atoms with Crippen molar-refractivity contribution in [3.05, 3.63) is 54.1 Å². The number of anilines is 2. The summed E-state index contributed by atoms with van der Waals surface area (Å²) in [5.41, 5.74) is 2.03. The Morgan fingerprint density at radius 2 is 1.62 bits per heavy atom. The van der Waals surface area contributed by atoms with Crippen LogP contribution in [0.15, 0.2) is 48.5 Å². The van der Waals surface area contributed by atoms with Gasteiger partial charge in [-0.1, -0.05) is 18.2 Å². The van der Waals surface area contributed by atoms with E-state index in [1.165, 1.54) is 7.11 Å². The van der Waals surface area contributed by atoms with E-state index >= 15 is 0 Å². The van der Waals surface area contributed by atoms with Crippen LogP contribution < -0.4 is 20.7 Å². The lowest BCUT2D eigenvalue weighted by atomic mass is 10.2. The standard InChI is InChI=1S/C17H19N3O4/c1-23-15-8-6-12(7-9-15)11-18-16(21)19-13-4-3-5-14(10-13)20-17(22)24-2/h3-10H,11H2,1-2H3,(H,20,22)(H2,18,19,21). The van der Waals surface area contributed by atoms with Crippen molar-refractivity contribution in [2.24, 2.45) is 0 Å². The van der Waals surface area contributed by atoms with Crippen LogP contribution in [0, 0.1) is 0 Å². The number of amides is 3. The second-order valence-corrected chi connectivity index (χ2v) is 4.85. The summed E-state index contributed by atoms with van der Waals surface area (Å²) in [6.45, 7) is 0.385. The highest BCUT2D eigenvalue weighted by Gasteiger charge is 2.05. The highest BCUT2D eigenvalue weighted by molar-refractivity contribution is 5.91. The Hall–Kier alpha value is -3.22. The van der Waals surface area contributed by atoms with Crippen molar-refractivity contribution in [3.63, 3.8) is 0 Å². The van der Waals surface area contributed by atoms with Gasteiger partial charge in [-0.25, -0.2) is 9.59 Å². The third-order valence-electron chi connectivity index (χ3n) is 3.16. The molecule has 0 unspecified atom stereocenters. The van der Waals surface area contributed by atoms with Crippen molar-refractivity contribution in [3.8, 4) is 5.75 Å². The lowest BCUT2D eigenvalue weighted by molar-refractivity contribution is 0.187. The first-order chi connectivity index (χ1) is 11.6. The van der Waals surface area contributed by atoms with Crippen molar-refractivity contribution in [2.45, 2.75) is 6.54 Å². The first-order valence-corrected chi connectivity index (χ1v) is 7.23. The predicted molar refractivity (Wildman–Crippen MR) is 91.3 cm³/mol. The molecule has 7 heteroatoms. The second-order valence-electron chi connectivity index (χ2n) is 4.85. The van der Waals surface area contributed by atoms with Crippen LogP contribution in [-0.4, -0.2) is 26.3 Å². The molecule has 2 aromatic carbocycles. The number of carbonyl (C=O) groups is 2. The molecule has 0 saturated carbocycles. The molecule has 0 aliphatic rings. The highest BCUT2D eigenvalue weighted by Crippen LogP contribution is 2.15. The lowest BCUT2D eigenvalue weighted by Gasteiger charge is -2.10. The Kier molecular flexibility index (Phi) is 6.01. The van der Waals surface area contributed by atoms with Gasteiger partial charge in [-0.2, -0.15) is 0 Å². The maximum absolute atomic E-state index is 11.9. The van der Waals surface area contributed by atoms with E-state index < -0.39 is 6.09 Å². The van der Waals surface area contributed by atoms with Gasteiger partial charge < -0.3 is 20.1 Å². The number of nitrogens with one attached hydrogen (secondary N) is 3. The lowest BCUT2D eigenvalue weighted by Crippen LogP contribution is -2.28. The van der Waals surface area contributed by atoms with Crippen LogP contribution in [0.4, 0.5) is 21.0 Å².